The summed E-state index contributed by atoms with van der Waals surface area (Å²) >= 11 is 0. The summed E-state index contributed by atoms with van der Waals surface area (Å²) in [5.41, 5.74) is 0. The molecule has 0 radical (unpaired) electrons. The molecule has 96 valence electrons. The van der Waals surface area contributed by atoms with Gasteiger partial charge in [-0.1, -0.05) is 0 Å². The van der Waals surface area contributed by atoms with Gasteiger partial charge in [0.05, 0.1) is 0 Å². The maximum atomic E-state index is 10.6. The summed E-state index contributed by atoms with van der Waals surface area (Å²) in [5.74, 6) is 0. The molecular formula is O12P4Zn2. The molecule has 0 amide bonds. The fraction of sp³-hybridized carbons (Fsp3) is 0. The van der Waals surface area contributed by atoms with Crippen LogP contribution in [0.5, 0.6) is 0 Å². The zero-order valence-corrected chi connectivity index (χ0v) is 17.6. The van der Waals surface area contributed by atoms with Crippen molar-refractivity contribution in [1.29, 1.82) is 0 Å². The molecule has 0 aliphatic carbocycles. The Bertz CT molecular complexity index is 366. The van der Waals surface area contributed by atoms with E-state index >= 15 is 0 Å². The van der Waals surface area contributed by atoms with Gasteiger partial charge >= 0.3 is 39.0 Å². The largest absolute Gasteiger partial charge is 2.00 e. The van der Waals surface area contributed by atoms with E-state index in [2.05, 4.69) is 17.2 Å². The van der Waals surface area contributed by atoms with Gasteiger partial charge in [-0.05, 0) is 0 Å². The Morgan fingerprint density at radius 3 is 0.722 bits per heavy atom. The Kier molecular flexibility index (Phi) is 8.29. The van der Waals surface area contributed by atoms with E-state index in [1.54, 1.807) is 0 Å². The topological polar surface area (TPSA) is 197 Å². The molecule has 0 saturated carbocycles. The molecule has 0 aromatic rings. The average molecular weight is 447 g/mol. The van der Waals surface area contributed by atoms with Gasteiger partial charge < -0.3 is 19.6 Å². The second kappa shape index (κ2) is 6.74. The van der Waals surface area contributed by atoms with Gasteiger partial charge in [-0.15, -0.1) is 0 Å². The van der Waals surface area contributed by atoms with Gasteiger partial charge in [0.1, 0.15) is 0 Å². The van der Waals surface area contributed by atoms with Crippen LogP contribution in [0.4, 0.5) is 0 Å². The number of hydrogen-bond acceptors (Lipinski definition) is 12. The molecule has 1 aliphatic heterocycles. The minimum absolute atomic E-state index is 0. The Balaban J connectivity index is 0. The van der Waals surface area contributed by atoms with Crippen molar-refractivity contribution in [3.63, 3.8) is 0 Å². The van der Waals surface area contributed by atoms with Gasteiger partial charge in [0.2, 0.25) is 0 Å². The van der Waals surface area contributed by atoms with Crippen LogP contribution >= 0.6 is 31.3 Å². The SMILES string of the molecule is O=P1([O-])OP(=O)([O-])OP(=O)([O-])OP(=O)([O-])O1.[Zn+2].[Zn+2]. The Hall–Kier alpha value is 1.85. The molecule has 1 heterocycles. The maximum absolute atomic E-state index is 10.6. The molecule has 1 aliphatic rings. The second-order valence-electron chi connectivity index (χ2n) is 2.12. The third kappa shape index (κ3) is 7.58. The molecular weight excluding hydrogens is 447 g/mol. The molecule has 0 aromatic carbocycles. The van der Waals surface area contributed by atoms with Gasteiger partial charge in [-0.3, -0.25) is 18.3 Å². The maximum Gasteiger partial charge on any atom is 2.00 e. The zero-order chi connectivity index (χ0) is 12.8. The van der Waals surface area contributed by atoms with Crippen molar-refractivity contribution in [3.8, 4) is 0 Å². The Labute approximate surface area is 125 Å². The van der Waals surface area contributed by atoms with Crippen LogP contribution in [0.15, 0.2) is 0 Å². The van der Waals surface area contributed by atoms with Crippen LogP contribution in [0.2, 0.25) is 0 Å². The van der Waals surface area contributed by atoms with Gasteiger partial charge in [0, 0.05) is 0 Å². The van der Waals surface area contributed by atoms with Crippen molar-refractivity contribution in [2.45, 2.75) is 0 Å². The molecule has 1 saturated heterocycles. The summed E-state index contributed by atoms with van der Waals surface area (Å²) in [6.07, 6.45) is 0. The molecule has 12 nitrogen and oxygen atoms in total. The third-order valence-electron chi connectivity index (χ3n) is 0.800. The first-order chi connectivity index (χ1) is 6.83. The van der Waals surface area contributed by atoms with Crippen LogP contribution in [0.25, 0.3) is 0 Å². The van der Waals surface area contributed by atoms with Gasteiger partial charge in [-0.2, -0.15) is 0 Å². The number of rotatable bonds is 0. The van der Waals surface area contributed by atoms with Gasteiger partial charge in [0.15, 0.2) is 0 Å². The number of phosphoric acid groups is 4. The first-order valence-electron chi connectivity index (χ1n) is 2.92. The predicted molar refractivity (Wildman–Crippen MR) is 34.8 cm³/mol. The standard InChI is InChI=1S/H4O12P4.2Zn/c1-13(2)9-14(3,4)11-16(7,8)12-15(5,6)10-13;;/h(H,1,2)(H,3,4)(H,5,6)(H,7,8);;/q;2*+2/p-4. The third-order valence-corrected chi connectivity index (χ3v) is 7.20. The van der Waals surface area contributed by atoms with Crippen LogP contribution in [0.1, 0.15) is 0 Å². The second-order valence-corrected chi connectivity index (χ2v) is 8.31. The minimum atomic E-state index is -5.87. The van der Waals surface area contributed by atoms with Gasteiger partial charge in [-0.25, -0.2) is 17.2 Å². The molecule has 0 bridgehead atoms. The quantitative estimate of drug-likeness (QED) is 0.291. The monoisotopic (exact) mass is 444 g/mol. The average Bonchev–Trinajstić information content (AvgIpc) is 1.67. The summed E-state index contributed by atoms with van der Waals surface area (Å²) in [7, 11) is -23.5. The number of hydrogen-bond donors (Lipinski definition) is 0. The Morgan fingerprint density at radius 2 is 0.611 bits per heavy atom. The molecule has 18 heavy (non-hydrogen) atoms. The fourth-order valence-corrected chi connectivity index (χ4v) is 6.02. The van der Waals surface area contributed by atoms with Crippen molar-refractivity contribution in [2.75, 3.05) is 0 Å². The molecule has 1 fully saturated rings. The van der Waals surface area contributed by atoms with E-state index in [0.717, 1.165) is 0 Å². The normalized spacial score (nSPS) is 49.1. The van der Waals surface area contributed by atoms with E-state index < -0.39 is 31.3 Å². The molecule has 18 heteroatoms. The summed E-state index contributed by atoms with van der Waals surface area (Å²) < 4.78 is 54.5. The van der Waals surface area contributed by atoms with E-state index in [9.17, 15) is 37.8 Å². The molecule has 1 rings (SSSR count). The van der Waals surface area contributed by atoms with Crippen molar-refractivity contribution in [3.05, 3.63) is 0 Å². The Morgan fingerprint density at radius 1 is 0.500 bits per heavy atom. The molecule has 0 atom stereocenters. The minimum Gasteiger partial charge on any atom is -0.756 e. The predicted octanol–water partition coefficient (Wildman–Crippen LogP) is -2.07. The van der Waals surface area contributed by atoms with Crippen molar-refractivity contribution in [2.24, 2.45) is 0 Å². The van der Waals surface area contributed by atoms with Crippen LogP contribution in [0.3, 0.4) is 0 Å². The van der Waals surface area contributed by atoms with E-state index in [1.165, 1.54) is 0 Å². The zero-order valence-electron chi connectivity index (χ0n) is 8.10. The first-order valence-corrected chi connectivity index (χ1v) is 8.76. The summed E-state index contributed by atoms with van der Waals surface area (Å²) in [5, 5.41) is 0. The fourth-order valence-electron chi connectivity index (χ4n) is 0.550. The molecule has 0 unspecified atom stereocenters. The summed E-state index contributed by atoms with van der Waals surface area (Å²) in [6.45, 7) is 0. The van der Waals surface area contributed by atoms with Crippen LogP contribution in [-0.4, -0.2) is 0 Å². The smallest absolute Gasteiger partial charge is 0.756 e. The van der Waals surface area contributed by atoms with E-state index in [4.69, 9.17) is 0 Å². The van der Waals surface area contributed by atoms with Crippen molar-refractivity contribution in [1.82, 2.24) is 0 Å². The van der Waals surface area contributed by atoms with Crippen LogP contribution < -0.4 is 19.6 Å². The molecule has 0 aromatic heterocycles. The molecule has 0 N–H and O–H groups in total. The van der Waals surface area contributed by atoms with Gasteiger partial charge in [0.25, 0.3) is 31.3 Å². The van der Waals surface area contributed by atoms with E-state index in [0.29, 0.717) is 0 Å². The van der Waals surface area contributed by atoms with E-state index in [-0.39, 0.29) is 39.0 Å². The van der Waals surface area contributed by atoms with Crippen molar-refractivity contribution >= 4 is 31.3 Å². The summed E-state index contributed by atoms with van der Waals surface area (Å²) in [6, 6.07) is 0. The van der Waals surface area contributed by atoms with Crippen LogP contribution in [0, 0.1) is 0 Å². The first kappa shape index (κ1) is 22.1. The molecule has 0 spiro atoms. The van der Waals surface area contributed by atoms with Crippen LogP contribution in [-0.2, 0) is 74.5 Å². The van der Waals surface area contributed by atoms with E-state index in [1.807, 2.05) is 0 Å². The summed E-state index contributed by atoms with van der Waals surface area (Å²) in [4.78, 5) is 42.2. The van der Waals surface area contributed by atoms with Crippen molar-refractivity contribution < 1.29 is 94.0 Å².